The predicted octanol–water partition coefficient (Wildman–Crippen LogP) is 1.07. The Morgan fingerprint density at radius 3 is 3.00 bits per heavy atom. The highest BCUT2D eigenvalue weighted by atomic mass is 35.5. The maximum absolute atomic E-state index is 12.0. The Bertz CT molecular complexity index is 700. The summed E-state index contributed by atoms with van der Waals surface area (Å²) in [5.41, 5.74) is 0.127. The van der Waals surface area contributed by atoms with E-state index >= 15 is 0 Å². The van der Waals surface area contributed by atoms with Crippen LogP contribution in [0, 0.1) is 5.92 Å². The van der Waals surface area contributed by atoms with Crippen LogP contribution in [0.1, 0.15) is 12.8 Å². The number of anilines is 1. The Kier molecular flexibility index (Phi) is 5.42. The van der Waals surface area contributed by atoms with E-state index in [0.717, 1.165) is 6.42 Å². The van der Waals surface area contributed by atoms with E-state index in [1.54, 1.807) is 0 Å². The van der Waals surface area contributed by atoms with Gasteiger partial charge in [0.15, 0.2) is 0 Å². The Labute approximate surface area is 151 Å². The molecule has 2 atom stereocenters. The molecule has 3 heterocycles. The summed E-state index contributed by atoms with van der Waals surface area (Å²) in [5, 5.41) is 11.8. The molecule has 1 aromatic rings. The van der Waals surface area contributed by atoms with Crippen LogP contribution in [0.2, 0.25) is 5.02 Å². The first-order valence-electron chi connectivity index (χ1n) is 8.10. The van der Waals surface area contributed by atoms with Gasteiger partial charge in [0.05, 0.1) is 11.9 Å². The van der Waals surface area contributed by atoms with Crippen LogP contribution >= 0.6 is 22.2 Å². The minimum Gasteiger partial charge on any atom is -0.367 e. The summed E-state index contributed by atoms with van der Waals surface area (Å²) < 4.78 is 19.2. The fourth-order valence-electron chi connectivity index (χ4n) is 3.23. The minimum absolute atomic E-state index is 0.0562. The van der Waals surface area contributed by atoms with E-state index in [9.17, 15) is 18.7 Å². The smallest absolute Gasteiger partial charge is 0.315 e. The predicted molar refractivity (Wildman–Crippen MR) is 97.7 cm³/mol. The first-order valence-corrected chi connectivity index (χ1v) is 10.4. The molecule has 2 amide bonds. The molecule has 140 valence electrons. The summed E-state index contributed by atoms with van der Waals surface area (Å²) in [6.45, 7) is 1.64. The highest BCUT2D eigenvalue weighted by molar-refractivity contribution is 8.24. The number of carbonyl (C=O) groups excluding carboxylic acids is 1. The Hall–Kier alpha value is -1.49. The van der Waals surface area contributed by atoms with Crippen molar-refractivity contribution in [1.29, 1.82) is 0 Å². The van der Waals surface area contributed by atoms with Crippen LogP contribution in [-0.2, 0) is 0 Å². The number of aromatic amines is 1. The van der Waals surface area contributed by atoms with Crippen LogP contribution in [-0.4, -0.2) is 62.5 Å². The summed E-state index contributed by atoms with van der Waals surface area (Å²) in [6.07, 6.45) is 2.96. The van der Waals surface area contributed by atoms with Gasteiger partial charge in [0.1, 0.15) is 5.02 Å². The van der Waals surface area contributed by atoms with Crippen molar-refractivity contribution in [2.75, 3.05) is 36.0 Å². The Balaban J connectivity index is 1.46. The maximum Gasteiger partial charge on any atom is 0.315 e. The fourth-order valence-corrected chi connectivity index (χ4v) is 5.35. The highest BCUT2D eigenvalue weighted by Gasteiger charge is 2.29. The number of nitrogens with one attached hydrogen (secondary N) is 3. The number of carbonyl (C=O) groups is 1. The van der Waals surface area contributed by atoms with Gasteiger partial charge >= 0.3 is 6.03 Å². The SMILES string of the molecule is O=C(NCC1CCS(O)(O)C1)NC1CCN(c2cn[nH]c(=O)c2Cl)C1. The van der Waals surface area contributed by atoms with E-state index in [-0.39, 0.29) is 23.0 Å². The van der Waals surface area contributed by atoms with Gasteiger partial charge < -0.3 is 15.5 Å². The molecular formula is C14H22ClN5O4S. The van der Waals surface area contributed by atoms with Crippen LogP contribution < -0.4 is 21.1 Å². The molecule has 5 N–H and O–H groups in total. The number of halogens is 1. The van der Waals surface area contributed by atoms with E-state index in [1.807, 2.05) is 4.90 Å². The van der Waals surface area contributed by atoms with Crippen LogP contribution in [0.3, 0.4) is 0 Å². The molecule has 2 saturated heterocycles. The number of aromatic nitrogens is 2. The summed E-state index contributed by atoms with van der Waals surface area (Å²) in [4.78, 5) is 25.5. The lowest BCUT2D eigenvalue weighted by Gasteiger charge is -2.26. The standard InChI is InChI=1S/C14H22ClN5O4S/c15-12-11(6-17-19-13(12)21)20-3-1-10(7-20)18-14(22)16-5-9-2-4-25(23,24)8-9/h6,9-10,23-24H,1-5,7-8H2,(H,19,21)(H2,16,18,22). The van der Waals surface area contributed by atoms with Crippen molar-refractivity contribution in [3.63, 3.8) is 0 Å². The summed E-state index contributed by atoms with van der Waals surface area (Å²) in [6, 6.07) is -0.329. The van der Waals surface area contributed by atoms with Crippen LogP contribution in [0.25, 0.3) is 0 Å². The molecule has 0 spiro atoms. The molecule has 2 aliphatic heterocycles. The molecule has 2 fully saturated rings. The van der Waals surface area contributed by atoms with Gasteiger partial charge in [-0.15, -0.1) is 0 Å². The van der Waals surface area contributed by atoms with Crippen molar-refractivity contribution in [2.24, 2.45) is 5.92 Å². The highest BCUT2D eigenvalue weighted by Crippen LogP contribution is 2.47. The number of amides is 2. The molecule has 0 aliphatic carbocycles. The van der Waals surface area contributed by atoms with Crippen molar-refractivity contribution < 1.29 is 13.9 Å². The lowest BCUT2D eigenvalue weighted by Crippen LogP contribution is -2.44. The van der Waals surface area contributed by atoms with Crippen molar-refractivity contribution >= 4 is 33.9 Å². The Morgan fingerprint density at radius 2 is 2.28 bits per heavy atom. The number of urea groups is 1. The van der Waals surface area contributed by atoms with E-state index in [2.05, 4.69) is 20.8 Å². The molecular weight excluding hydrogens is 370 g/mol. The zero-order valence-corrected chi connectivity index (χ0v) is 15.1. The van der Waals surface area contributed by atoms with E-state index in [4.69, 9.17) is 11.6 Å². The maximum atomic E-state index is 12.0. The van der Waals surface area contributed by atoms with Gasteiger partial charge in [-0.2, -0.15) is 15.7 Å². The lowest BCUT2D eigenvalue weighted by molar-refractivity contribution is 0.236. The van der Waals surface area contributed by atoms with Crippen molar-refractivity contribution in [2.45, 2.75) is 18.9 Å². The second kappa shape index (κ2) is 7.40. The molecule has 2 unspecified atom stereocenters. The zero-order chi connectivity index (χ0) is 18.0. The topological polar surface area (TPSA) is 131 Å². The molecule has 25 heavy (non-hydrogen) atoms. The summed E-state index contributed by atoms with van der Waals surface area (Å²) in [5.74, 6) is 0.888. The summed E-state index contributed by atoms with van der Waals surface area (Å²) >= 11 is 6.01. The average Bonchev–Trinajstić information content (AvgIpc) is 3.14. The Morgan fingerprint density at radius 1 is 1.48 bits per heavy atom. The molecule has 9 nitrogen and oxygen atoms in total. The van der Waals surface area contributed by atoms with Gasteiger partial charge in [-0.25, -0.2) is 9.89 Å². The van der Waals surface area contributed by atoms with Crippen molar-refractivity contribution in [3.05, 3.63) is 21.6 Å². The number of H-pyrrole nitrogens is 1. The molecule has 0 bridgehead atoms. The van der Waals surface area contributed by atoms with E-state index in [0.29, 0.717) is 43.2 Å². The third-order valence-corrected chi connectivity index (χ3v) is 6.81. The number of hydrogen-bond acceptors (Lipinski definition) is 6. The molecule has 0 radical (unpaired) electrons. The molecule has 0 aromatic carbocycles. The van der Waals surface area contributed by atoms with Crippen molar-refractivity contribution in [1.82, 2.24) is 20.8 Å². The third-order valence-electron chi connectivity index (χ3n) is 4.55. The number of nitrogens with zero attached hydrogens (tertiary/aromatic N) is 2. The summed E-state index contributed by atoms with van der Waals surface area (Å²) in [7, 11) is -2.44. The zero-order valence-electron chi connectivity index (χ0n) is 13.6. The lowest BCUT2D eigenvalue weighted by atomic mass is 10.1. The van der Waals surface area contributed by atoms with Crippen LogP contribution in [0.15, 0.2) is 11.0 Å². The molecule has 2 aliphatic rings. The normalized spacial score (nSPS) is 26.4. The first-order chi connectivity index (χ1) is 11.8. The van der Waals surface area contributed by atoms with Gasteiger partial charge in [-0.05, 0) is 18.8 Å². The van der Waals surface area contributed by atoms with E-state index < -0.39 is 16.1 Å². The number of rotatable bonds is 4. The molecule has 11 heteroatoms. The molecule has 0 saturated carbocycles. The molecule has 3 rings (SSSR count). The first kappa shape index (κ1) is 18.3. The van der Waals surface area contributed by atoms with Gasteiger partial charge in [0, 0.05) is 37.2 Å². The fraction of sp³-hybridized carbons (Fsp3) is 0.643. The quantitative estimate of drug-likeness (QED) is 0.522. The van der Waals surface area contributed by atoms with Gasteiger partial charge in [0.25, 0.3) is 5.56 Å². The minimum atomic E-state index is -2.44. The van der Waals surface area contributed by atoms with E-state index in [1.165, 1.54) is 6.20 Å². The second-order valence-electron chi connectivity index (χ2n) is 6.51. The average molecular weight is 392 g/mol. The second-order valence-corrected chi connectivity index (χ2v) is 9.24. The largest absolute Gasteiger partial charge is 0.367 e. The van der Waals surface area contributed by atoms with Crippen molar-refractivity contribution in [3.8, 4) is 0 Å². The third kappa shape index (κ3) is 4.57. The van der Waals surface area contributed by atoms with Crippen LogP contribution in [0.4, 0.5) is 10.5 Å². The van der Waals surface area contributed by atoms with Gasteiger partial charge in [-0.3, -0.25) is 13.9 Å². The monoisotopic (exact) mass is 391 g/mol. The van der Waals surface area contributed by atoms with Gasteiger partial charge in [0.2, 0.25) is 0 Å². The number of hydrogen-bond donors (Lipinski definition) is 5. The van der Waals surface area contributed by atoms with Crippen LogP contribution in [0.5, 0.6) is 0 Å². The molecule has 1 aromatic heterocycles. The van der Waals surface area contributed by atoms with Gasteiger partial charge in [-0.1, -0.05) is 11.6 Å².